The molecule has 4 rings (SSSR count). The maximum Gasteiger partial charge on any atom is 0.225 e. The fraction of sp³-hybridized carbons (Fsp3) is 0.263. The molecular formula is C19H16FNO2S. The Kier molecular flexibility index (Phi) is 3.81. The molecule has 1 aliphatic carbocycles. The maximum absolute atomic E-state index is 13.2. The van der Waals surface area contributed by atoms with Gasteiger partial charge in [0.1, 0.15) is 5.82 Å². The second-order valence-corrected chi connectivity index (χ2v) is 7.27. The summed E-state index contributed by atoms with van der Waals surface area (Å²) < 4.78 is 13.2. The predicted octanol–water partition coefficient (Wildman–Crippen LogP) is 3.89. The molecule has 3 nitrogen and oxygen atoms in total. The molecule has 24 heavy (non-hydrogen) atoms. The number of allylic oxidation sites excluding steroid dienone is 2. The zero-order chi connectivity index (χ0) is 16.7. The SMILES string of the molecule is O=C1C[C@H](c2ccc(F)cc2)C2=C(C[C@@H](c3cccs3)CC2=O)N1. The van der Waals surface area contributed by atoms with Crippen molar-refractivity contribution in [2.45, 2.75) is 31.1 Å². The van der Waals surface area contributed by atoms with Crippen LogP contribution < -0.4 is 5.32 Å². The third-order valence-electron chi connectivity index (χ3n) is 4.75. The summed E-state index contributed by atoms with van der Waals surface area (Å²) in [5.74, 6) is -0.456. The van der Waals surface area contributed by atoms with Crippen molar-refractivity contribution in [2.24, 2.45) is 0 Å². The molecule has 1 N–H and O–H groups in total. The van der Waals surface area contributed by atoms with Gasteiger partial charge in [-0.05, 0) is 35.6 Å². The highest BCUT2D eigenvalue weighted by atomic mass is 32.1. The highest BCUT2D eigenvalue weighted by Gasteiger charge is 2.38. The molecule has 0 radical (unpaired) electrons. The molecule has 2 aliphatic rings. The van der Waals surface area contributed by atoms with Crippen molar-refractivity contribution < 1.29 is 14.0 Å². The molecule has 1 aromatic heterocycles. The monoisotopic (exact) mass is 341 g/mol. The summed E-state index contributed by atoms with van der Waals surface area (Å²) >= 11 is 1.64. The molecule has 2 atom stereocenters. The lowest BCUT2D eigenvalue weighted by Crippen LogP contribution is -2.38. The molecular weight excluding hydrogens is 325 g/mol. The molecule has 0 bridgehead atoms. The molecule has 1 aromatic carbocycles. The van der Waals surface area contributed by atoms with E-state index in [9.17, 15) is 14.0 Å². The van der Waals surface area contributed by atoms with Gasteiger partial charge in [0.15, 0.2) is 5.78 Å². The van der Waals surface area contributed by atoms with Gasteiger partial charge in [-0.25, -0.2) is 4.39 Å². The summed E-state index contributed by atoms with van der Waals surface area (Å²) in [6.07, 6.45) is 1.37. The van der Waals surface area contributed by atoms with Gasteiger partial charge in [-0.2, -0.15) is 0 Å². The third-order valence-corrected chi connectivity index (χ3v) is 5.79. The van der Waals surface area contributed by atoms with Crippen molar-refractivity contribution in [1.82, 2.24) is 5.32 Å². The van der Waals surface area contributed by atoms with Gasteiger partial charge in [-0.3, -0.25) is 9.59 Å². The van der Waals surface area contributed by atoms with Crippen LogP contribution in [0, 0.1) is 5.82 Å². The molecule has 5 heteroatoms. The van der Waals surface area contributed by atoms with Gasteiger partial charge in [0, 0.05) is 40.8 Å². The molecule has 2 heterocycles. The Hall–Kier alpha value is -2.27. The normalized spacial score (nSPS) is 23.9. The summed E-state index contributed by atoms with van der Waals surface area (Å²) in [5.41, 5.74) is 2.27. The van der Waals surface area contributed by atoms with Crippen LogP contribution in [0.5, 0.6) is 0 Å². The summed E-state index contributed by atoms with van der Waals surface area (Å²) in [5, 5.41) is 4.91. The number of carbonyl (C=O) groups is 2. The highest BCUT2D eigenvalue weighted by Crippen LogP contribution is 2.43. The van der Waals surface area contributed by atoms with Crippen LogP contribution in [0.1, 0.15) is 41.5 Å². The minimum Gasteiger partial charge on any atom is -0.329 e. The number of rotatable bonds is 2. The van der Waals surface area contributed by atoms with E-state index in [1.54, 1.807) is 23.5 Å². The zero-order valence-electron chi connectivity index (χ0n) is 12.9. The number of thiophene rings is 1. The minimum absolute atomic E-state index is 0.0808. The van der Waals surface area contributed by atoms with Gasteiger partial charge in [-0.1, -0.05) is 18.2 Å². The summed E-state index contributed by atoms with van der Waals surface area (Å²) in [6, 6.07) is 10.1. The lowest BCUT2D eigenvalue weighted by molar-refractivity contribution is -0.122. The van der Waals surface area contributed by atoms with Crippen molar-refractivity contribution in [2.75, 3.05) is 0 Å². The summed E-state index contributed by atoms with van der Waals surface area (Å²) in [4.78, 5) is 26.1. The van der Waals surface area contributed by atoms with Crippen LogP contribution in [-0.4, -0.2) is 11.7 Å². The Bertz CT molecular complexity index is 824. The summed E-state index contributed by atoms with van der Waals surface area (Å²) in [7, 11) is 0. The number of Topliss-reactive ketones (excluding diaryl/α,β-unsaturated/α-hetero) is 1. The average molecular weight is 341 g/mol. The van der Waals surface area contributed by atoms with Crippen molar-refractivity contribution in [3.05, 3.63) is 69.3 Å². The fourth-order valence-corrected chi connectivity index (χ4v) is 4.50. The number of nitrogens with one attached hydrogen (secondary N) is 1. The van der Waals surface area contributed by atoms with Gasteiger partial charge in [0.25, 0.3) is 0 Å². The van der Waals surface area contributed by atoms with Crippen molar-refractivity contribution in [3.8, 4) is 0 Å². The minimum atomic E-state index is -0.319. The van der Waals surface area contributed by atoms with E-state index < -0.39 is 0 Å². The molecule has 0 fully saturated rings. The largest absolute Gasteiger partial charge is 0.329 e. The van der Waals surface area contributed by atoms with E-state index in [-0.39, 0.29) is 35.8 Å². The number of carbonyl (C=O) groups excluding carboxylic acids is 2. The Morgan fingerprint density at radius 3 is 2.54 bits per heavy atom. The smallest absolute Gasteiger partial charge is 0.225 e. The summed E-state index contributed by atoms with van der Waals surface area (Å²) in [6.45, 7) is 0. The van der Waals surface area contributed by atoms with Crippen LogP contribution in [0.2, 0.25) is 0 Å². The van der Waals surface area contributed by atoms with Crippen LogP contribution in [-0.2, 0) is 9.59 Å². The number of ketones is 1. The number of amides is 1. The van der Waals surface area contributed by atoms with E-state index in [4.69, 9.17) is 0 Å². The van der Waals surface area contributed by atoms with Gasteiger partial charge in [0.05, 0.1) is 0 Å². The topological polar surface area (TPSA) is 46.2 Å². The standard InChI is InChI=1S/C19H16FNO2S/c20-13-5-3-11(4-6-13)14-10-18(23)21-15-8-12(9-16(22)19(14)15)17-2-1-7-24-17/h1-7,12,14H,8-10H2,(H,21,23)/t12-,14-/m1/s1. The van der Waals surface area contributed by atoms with Gasteiger partial charge < -0.3 is 5.32 Å². The quantitative estimate of drug-likeness (QED) is 0.901. The number of benzene rings is 1. The highest BCUT2D eigenvalue weighted by molar-refractivity contribution is 7.10. The second-order valence-electron chi connectivity index (χ2n) is 6.29. The van der Waals surface area contributed by atoms with Crippen LogP contribution in [0.25, 0.3) is 0 Å². The molecule has 0 saturated heterocycles. The van der Waals surface area contributed by atoms with E-state index in [0.29, 0.717) is 18.4 Å². The predicted molar refractivity (Wildman–Crippen MR) is 90.2 cm³/mol. The first-order chi connectivity index (χ1) is 11.6. The first-order valence-electron chi connectivity index (χ1n) is 7.97. The maximum atomic E-state index is 13.2. The fourth-order valence-electron chi connectivity index (χ4n) is 3.66. The Morgan fingerprint density at radius 1 is 1.04 bits per heavy atom. The molecule has 1 aliphatic heterocycles. The molecule has 122 valence electrons. The Balaban J connectivity index is 1.72. The lowest BCUT2D eigenvalue weighted by Gasteiger charge is -2.34. The van der Waals surface area contributed by atoms with Crippen LogP contribution in [0.3, 0.4) is 0 Å². The second kappa shape index (κ2) is 5.98. The zero-order valence-corrected chi connectivity index (χ0v) is 13.7. The van der Waals surface area contributed by atoms with Crippen molar-refractivity contribution in [3.63, 3.8) is 0 Å². The molecule has 0 spiro atoms. The molecule has 0 saturated carbocycles. The van der Waals surface area contributed by atoms with Crippen LogP contribution in [0.4, 0.5) is 4.39 Å². The molecule has 2 aromatic rings. The molecule has 0 unspecified atom stereocenters. The van der Waals surface area contributed by atoms with E-state index in [1.807, 2.05) is 17.5 Å². The number of hydrogen-bond donors (Lipinski definition) is 1. The van der Waals surface area contributed by atoms with E-state index in [2.05, 4.69) is 5.32 Å². The van der Waals surface area contributed by atoms with Gasteiger partial charge in [0.2, 0.25) is 5.91 Å². The Labute approximate surface area is 143 Å². The first-order valence-corrected chi connectivity index (χ1v) is 8.84. The van der Waals surface area contributed by atoms with E-state index in [1.165, 1.54) is 17.0 Å². The van der Waals surface area contributed by atoms with E-state index >= 15 is 0 Å². The van der Waals surface area contributed by atoms with Crippen LogP contribution in [0.15, 0.2) is 53.0 Å². The average Bonchev–Trinajstić information content (AvgIpc) is 3.09. The lowest BCUT2D eigenvalue weighted by atomic mass is 9.75. The number of hydrogen-bond acceptors (Lipinski definition) is 3. The first kappa shape index (κ1) is 15.3. The van der Waals surface area contributed by atoms with Crippen molar-refractivity contribution in [1.29, 1.82) is 0 Å². The number of halogens is 1. The molecule has 1 amide bonds. The van der Waals surface area contributed by atoms with Gasteiger partial charge >= 0.3 is 0 Å². The Morgan fingerprint density at radius 2 is 1.83 bits per heavy atom. The van der Waals surface area contributed by atoms with Crippen molar-refractivity contribution >= 4 is 23.0 Å². The van der Waals surface area contributed by atoms with Crippen LogP contribution >= 0.6 is 11.3 Å². The third kappa shape index (κ3) is 2.69. The van der Waals surface area contributed by atoms with Gasteiger partial charge in [-0.15, -0.1) is 11.3 Å². The van der Waals surface area contributed by atoms with E-state index in [0.717, 1.165) is 11.3 Å².